The summed E-state index contributed by atoms with van der Waals surface area (Å²) >= 11 is 0. The minimum absolute atomic E-state index is 0.274. The summed E-state index contributed by atoms with van der Waals surface area (Å²) in [7, 11) is 0. The molecule has 126 valence electrons. The lowest BCUT2D eigenvalue weighted by Gasteiger charge is -2.38. The fourth-order valence-electron chi connectivity index (χ4n) is 3.44. The summed E-state index contributed by atoms with van der Waals surface area (Å²) in [5, 5.41) is 0. The Hall–Kier alpha value is -0.660. The van der Waals surface area contributed by atoms with Gasteiger partial charge in [0.05, 0.1) is 5.82 Å². The number of nitrogens with two attached hydrogens (primary N) is 2. The summed E-state index contributed by atoms with van der Waals surface area (Å²) in [6.07, 6.45) is 14.9. The molecule has 0 amide bonds. The summed E-state index contributed by atoms with van der Waals surface area (Å²) < 4.78 is 0. The Labute approximate surface area is 133 Å². The van der Waals surface area contributed by atoms with Gasteiger partial charge in [-0.2, -0.15) is 0 Å². The van der Waals surface area contributed by atoms with E-state index in [1.54, 1.807) is 0 Å². The molecule has 0 aliphatic rings. The van der Waals surface area contributed by atoms with Gasteiger partial charge < -0.3 is 11.5 Å². The number of allylic oxidation sites excluding steroid dienone is 1. The van der Waals surface area contributed by atoms with Crippen LogP contribution in [0.3, 0.4) is 0 Å². The molecule has 0 aromatic heterocycles. The van der Waals surface area contributed by atoms with E-state index in [0.29, 0.717) is 5.82 Å². The van der Waals surface area contributed by atoms with E-state index >= 15 is 0 Å². The zero-order valence-electron chi connectivity index (χ0n) is 15.1. The van der Waals surface area contributed by atoms with Crippen LogP contribution in [0.25, 0.3) is 0 Å². The zero-order valence-corrected chi connectivity index (χ0v) is 15.1. The van der Waals surface area contributed by atoms with Gasteiger partial charge in [0.2, 0.25) is 0 Å². The van der Waals surface area contributed by atoms with Gasteiger partial charge in [-0.15, -0.1) is 0 Å². The Kier molecular flexibility index (Phi) is 11.6. The zero-order chi connectivity index (χ0) is 16.1. The Morgan fingerprint density at radius 1 is 0.667 bits per heavy atom. The third-order valence-corrected chi connectivity index (χ3v) is 4.80. The van der Waals surface area contributed by atoms with E-state index in [1.165, 1.54) is 76.2 Å². The molecule has 0 radical (unpaired) electrons. The molecule has 0 saturated heterocycles. The summed E-state index contributed by atoms with van der Waals surface area (Å²) in [5.74, 6) is 0.617. The van der Waals surface area contributed by atoms with Gasteiger partial charge in [-0.1, -0.05) is 72.6 Å². The van der Waals surface area contributed by atoms with Gasteiger partial charge in [-0.25, -0.2) is 0 Å². The summed E-state index contributed by atoms with van der Waals surface area (Å²) in [4.78, 5) is 0. The molecule has 0 spiro atoms. The van der Waals surface area contributed by atoms with E-state index in [-0.39, 0.29) is 5.41 Å². The fraction of sp³-hybridized carbons (Fsp3) is 0.895. The van der Waals surface area contributed by atoms with Crippen molar-refractivity contribution in [1.82, 2.24) is 0 Å². The highest BCUT2D eigenvalue weighted by Gasteiger charge is 2.33. The second-order valence-electron chi connectivity index (χ2n) is 6.63. The molecule has 0 unspecified atom stereocenters. The predicted octanol–water partition coefficient (Wildman–Crippen LogP) is 5.86. The first-order chi connectivity index (χ1) is 10.1. The molecule has 0 atom stereocenters. The SMILES string of the molecule is CCCCC(=C(N)N)C(CCCC)(CCCC)CCCC. The first-order valence-electron chi connectivity index (χ1n) is 9.32. The highest BCUT2D eigenvalue weighted by Crippen LogP contribution is 2.45. The van der Waals surface area contributed by atoms with Gasteiger partial charge in [0.15, 0.2) is 0 Å². The molecule has 4 N–H and O–H groups in total. The molecular formula is C19H40N2. The van der Waals surface area contributed by atoms with Crippen molar-refractivity contribution >= 4 is 0 Å². The van der Waals surface area contributed by atoms with Crippen LogP contribution in [0.1, 0.15) is 105 Å². The molecule has 0 saturated carbocycles. The van der Waals surface area contributed by atoms with Crippen LogP contribution in [-0.4, -0.2) is 0 Å². The first-order valence-corrected chi connectivity index (χ1v) is 9.32. The Morgan fingerprint density at radius 3 is 1.33 bits per heavy atom. The quantitative estimate of drug-likeness (QED) is 0.447. The second kappa shape index (κ2) is 11.9. The summed E-state index contributed by atoms with van der Waals surface area (Å²) in [5.41, 5.74) is 13.9. The smallest absolute Gasteiger partial charge is 0.0931 e. The Balaban J connectivity index is 5.36. The molecular weight excluding hydrogens is 256 g/mol. The Morgan fingerprint density at radius 2 is 1.05 bits per heavy atom. The van der Waals surface area contributed by atoms with Crippen LogP contribution in [-0.2, 0) is 0 Å². The van der Waals surface area contributed by atoms with E-state index in [9.17, 15) is 0 Å². The lowest BCUT2D eigenvalue weighted by atomic mass is 9.67. The van der Waals surface area contributed by atoms with Crippen LogP contribution in [0.2, 0.25) is 0 Å². The van der Waals surface area contributed by atoms with E-state index in [2.05, 4.69) is 27.7 Å². The third kappa shape index (κ3) is 7.24. The summed E-state index contributed by atoms with van der Waals surface area (Å²) in [6.45, 7) is 9.10. The topological polar surface area (TPSA) is 52.0 Å². The van der Waals surface area contributed by atoms with Crippen molar-refractivity contribution in [3.8, 4) is 0 Å². The molecule has 0 aliphatic carbocycles. The van der Waals surface area contributed by atoms with Crippen molar-refractivity contribution in [3.63, 3.8) is 0 Å². The largest absolute Gasteiger partial charge is 0.386 e. The fourth-order valence-corrected chi connectivity index (χ4v) is 3.44. The molecule has 0 aromatic rings. The van der Waals surface area contributed by atoms with Crippen LogP contribution in [0.15, 0.2) is 11.4 Å². The van der Waals surface area contributed by atoms with Gasteiger partial charge in [-0.05, 0) is 43.1 Å². The first kappa shape index (κ1) is 20.3. The van der Waals surface area contributed by atoms with Gasteiger partial charge in [0, 0.05) is 0 Å². The highest BCUT2D eigenvalue weighted by molar-refractivity contribution is 5.19. The molecule has 0 heterocycles. The van der Waals surface area contributed by atoms with Crippen molar-refractivity contribution in [1.29, 1.82) is 0 Å². The molecule has 0 rings (SSSR count). The van der Waals surface area contributed by atoms with Crippen LogP contribution in [0.5, 0.6) is 0 Å². The molecule has 0 aromatic carbocycles. The minimum Gasteiger partial charge on any atom is -0.386 e. The maximum absolute atomic E-state index is 6.14. The molecule has 0 bridgehead atoms. The van der Waals surface area contributed by atoms with Crippen LogP contribution in [0.4, 0.5) is 0 Å². The van der Waals surface area contributed by atoms with Crippen LogP contribution in [0, 0.1) is 5.41 Å². The van der Waals surface area contributed by atoms with E-state index in [1.807, 2.05) is 0 Å². The van der Waals surface area contributed by atoms with Crippen molar-refractivity contribution < 1.29 is 0 Å². The van der Waals surface area contributed by atoms with E-state index in [0.717, 1.165) is 6.42 Å². The van der Waals surface area contributed by atoms with Crippen LogP contribution < -0.4 is 11.5 Å². The molecule has 2 nitrogen and oxygen atoms in total. The standard InChI is InChI=1S/C19H40N2/c1-5-9-13-17(18(20)21)19(14-10-6-2,15-11-7-3)16-12-8-4/h5-16,20-21H2,1-4H3. The number of hydrogen-bond donors (Lipinski definition) is 2. The molecule has 2 heteroatoms. The van der Waals surface area contributed by atoms with Gasteiger partial charge in [-0.3, -0.25) is 0 Å². The number of unbranched alkanes of at least 4 members (excludes halogenated alkanes) is 4. The van der Waals surface area contributed by atoms with Crippen molar-refractivity contribution in [2.45, 2.75) is 105 Å². The summed E-state index contributed by atoms with van der Waals surface area (Å²) in [6, 6.07) is 0. The predicted molar refractivity (Wildman–Crippen MR) is 95.9 cm³/mol. The maximum Gasteiger partial charge on any atom is 0.0931 e. The average molecular weight is 297 g/mol. The number of rotatable bonds is 13. The molecule has 21 heavy (non-hydrogen) atoms. The minimum atomic E-state index is 0.274. The monoisotopic (exact) mass is 296 g/mol. The van der Waals surface area contributed by atoms with Crippen molar-refractivity contribution in [2.24, 2.45) is 16.9 Å². The van der Waals surface area contributed by atoms with Crippen molar-refractivity contribution in [2.75, 3.05) is 0 Å². The van der Waals surface area contributed by atoms with E-state index in [4.69, 9.17) is 11.5 Å². The molecule has 0 aliphatic heterocycles. The Bertz CT molecular complexity index is 256. The second-order valence-corrected chi connectivity index (χ2v) is 6.63. The van der Waals surface area contributed by atoms with E-state index < -0.39 is 0 Å². The lowest BCUT2D eigenvalue weighted by Crippen LogP contribution is -2.29. The maximum atomic E-state index is 6.14. The number of hydrogen-bond acceptors (Lipinski definition) is 2. The van der Waals surface area contributed by atoms with Crippen LogP contribution >= 0.6 is 0 Å². The normalized spacial score (nSPS) is 11.6. The highest BCUT2D eigenvalue weighted by atomic mass is 14.8. The van der Waals surface area contributed by atoms with Gasteiger partial charge in [0.25, 0.3) is 0 Å². The van der Waals surface area contributed by atoms with Gasteiger partial charge in [0.1, 0.15) is 0 Å². The third-order valence-electron chi connectivity index (χ3n) is 4.80. The van der Waals surface area contributed by atoms with Crippen molar-refractivity contribution in [3.05, 3.63) is 11.4 Å². The lowest BCUT2D eigenvalue weighted by molar-refractivity contribution is 0.241. The molecule has 0 fully saturated rings. The van der Waals surface area contributed by atoms with Gasteiger partial charge >= 0.3 is 0 Å². The average Bonchev–Trinajstić information content (AvgIpc) is 2.48.